The Bertz CT molecular complexity index is 1620. The minimum atomic E-state index is 0.742. The van der Waals surface area contributed by atoms with E-state index in [2.05, 4.69) is 0 Å². The maximum absolute atomic E-state index is 6.17. The molecule has 0 bridgehead atoms. The standard InChI is InChI=1S/C30H20N2O2/c1-3-11-21(12-4-1)29-19-25(23-15-7-9-17-27(23)33-29)31-32-26-20-30(22-13-5-2-6-14-22)34-28-18-10-8-16-24(26)28/h1-20H/b31-25-,32-26+. The molecule has 34 heavy (non-hydrogen) atoms. The molecule has 0 spiro atoms. The normalized spacial score (nSPS) is 12.5. The molecule has 4 heteroatoms. The van der Waals surface area contributed by atoms with Crippen molar-refractivity contribution in [3.05, 3.63) is 132 Å². The highest BCUT2D eigenvalue weighted by molar-refractivity contribution is 5.79. The Balaban J connectivity index is 1.61. The lowest BCUT2D eigenvalue weighted by atomic mass is 10.1. The first-order valence-electron chi connectivity index (χ1n) is 11.1. The van der Waals surface area contributed by atoms with Crippen molar-refractivity contribution in [2.75, 3.05) is 0 Å². The number of hydrogen-bond donors (Lipinski definition) is 0. The summed E-state index contributed by atoms with van der Waals surface area (Å²) in [6.07, 6.45) is 0. The fourth-order valence-electron chi connectivity index (χ4n) is 4.00. The van der Waals surface area contributed by atoms with E-state index in [9.17, 15) is 0 Å². The second-order valence-corrected chi connectivity index (χ2v) is 7.92. The molecule has 0 aliphatic heterocycles. The molecule has 0 N–H and O–H groups in total. The average Bonchev–Trinajstić information content (AvgIpc) is 2.92. The van der Waals surface area contributed by atoms with Crippen LogP contribution in [0.2, 0.25) is 0 Å². The Morgan fingerprint density at radius 1 is 0.412 bits per heavy atom. The van der Waals surface area contributed by atoms with Crippen molar-refractivity contribution < 1.29 is 8.83 Å². The number of nitrogens with zero attached hydrogens (tertiary/aromatic N) is 2. The van der Waals surface area contributed by atoms with Gasteiger partial charge in [-0.1, -0.05) is 84.9 Å². The van der Waals surface area contributed by atoms with E-state index in [-0.39, 0.29) is 0 Å². The second-order valence-electron chi connectivity index (χ2n) is 7.92. The summed E-state index contributed by atoms with van der Waals surface area (Å²) in [4.78, 5) is 0. The fraction of sp³-hybridized carbons (Fsp3) is 0. The Morgan fingerprint density at radius 2 is 0.794 bits per heavy atom. The zero-order valence-electron chi connectivity index (χ0n) is 18.3. The van der Waals surface area contributed by atoms with E-state index >= 15 is 0 Å². The SMILES string of the molecule is c1ccc(-c2c/c(=N/N=c3\cc(-c4ccccc4)oc4ccccc34)c3ccccc3o2)cc1. The van der Waals surface area contributed by atoms with Gasteiger partial charge in [0.1, 0.15) is 33.4 Å². The summed E-state index contributed by atoms with van der Waals surface area (Å²) >= 11 is 0. The van der Waals surface area contributed by atoms with Crippen molar-refractivity contribution in [3.63, 3.8) is 0 Å². The van der Waals surface area contributed by atoms with Crippen molar-refractivity contribution in [2.45, 2.75) is 0 Å². The van der Waals surface area contributed by atoms with Gasteiger partial charge in [0.15, 0.2) is 0 Å². The van der Waals surface area contributed by atoms with Gasteiger partial charge >= 0.3 is 0 Å². The van der Waals surface area contributed by atoms with Gasteiger partial charge in [0.25, 0.3) is 0 Å². The first-order chi connectivity index (χ1) is 16.8. The van der Waals surface area contributed by atoms with E-state index in [1.54, 1.807) is 0 Å². The van der Waals surface area contributed by atoms with Crippen LogP contribution in [0, 0.1) is 0 Å². The highest BCUT2D eigenvalue weighted by Gasteiger charge is 2.07. The number of rotatable bonds is 3. The molecule has 2 aromatic heterocycles. The van der Waals surface area contributed by atoms with Gasteiger partial charge in [0, 0.05) is 34.0 Å². The molecule has 0 aliphatic rings. The predicted octanol–water partition coefficient (Wildman–Crippen LogP) is 6.93. The third-order valence-electron chi connectivity index (χ3n) is 5.68. The summed E-state index contributed by atoms with van der Waals surface area (Å²) in [5.41, 5.74) is 3.49. The van der Waals surface area contributed by atoms with Crippen LogP contribution in [0.15, 0.2) is 140 Å². The van der Waals surface area contributed by atoms with Crippen LogP contribution in [-0.2, 0) is 0 Å². The first-order valence-corrected chi connectivity index (χ1v) is 11.1. The molecule has 6 aromatic rings. The van der Waals surface area contributed by atoms with Crippen LogP contribution in [0.5, 0.6) is 0 Å². The van der Waals surface area contributed by atoms with Gasteiger partial charge in [-0.2, -0.15) is 0 Å². The third kappa shape index (κ3) is 3.82. The van der Waals surface area contributed by atoms with Crippen molar-refractivity contribution in [1.29, 1.82) is 0 Å². The van der Waals surface area contributed by atoms with Crippen molar-refractivity contribution >= 4 is 21.9 Å². The second kappa shape index (κ2) is 8.68. The lowest BCUT2D eigenvalue weighted by molar-refractivity contribution is 0.616. The van der Waals surface area contributed by atoms with Gasteiger partial charge in [0.2, 0.25) is 0 Å². The minimum Gasteiger partial charge on any atom is -0.456 e. The van der Waals surface area contributed by atoms with Crippen LogP contribution in [0.25, 0.3) is 44.6 Å². The van der Waals surface area contributed by atoms with Crippen LogP contribution < -0.4 is 10.7 Å². The largest absolute Gasteiger partial charge is 0.456 e. The molecule has 6 rings (SSSR count). The summed E-state index contributed by atoms with van der Waals surface area (Å²) in [6.45, 7) is 0. The number of benzene rings is 4. The van der Waals surface area contributed by atoms with Crippen LogP contribution in [0.1, 0.15) is 0 Å². The van der Waals surface area contributed by atoms with E-state index in [1.165, 1.54) is 0 Å². The lowest BCUT2D eigenvalue weighted by Gasteiger charge is -2.05. The smallest absolute Gasteiger partial charge is 0.136 e. The number of para-hydroxylation sites is 2. The van der Waals surface area contributed by atoms with Crippen molar-refractivity contribution in [2.24, 2.45) is 10.2 Å². The molecule has 4 aromatic carbocycles. The molecule has 0 aliphatic carbocycles. The highest BCUT2D eigenvalue weighted by Crippen LogP contribution is 2.23. The van der Waals surface area contributed by atoms with E-state index in [0.29, 0.717) is 0 Å². The van der Waals surface area contributed by atoms with E-state index in [1.807, 2.05) is 121 Å². The fourth-order valence-corrected chi connectivity index (χ4v) is 4.00. The first kappa shape index (κ1) is 19.9. The Kier molecular flexibility index (Phi) is 5.09. The van der Waals surface area contributed by atoms with Crippen LogP contribution >= 0.6 is 0 Å². The predicted molar refractivity (Wildman–Crippen MR) is 134 cm³/mol. The molecule has 0 atom stereocenters. The molecule has 0 saturated carbocycles. The Morgan fingerprint density at radius 3 is 1.24 bits per heavy atom. The monoisotopic (exact) mass is 440 g/mol. The van der Waals surface area contributed by atoms with Crippen LogP contribution in [-0.4, -0.2) is 0 Å². The summed E-state index contributed by atoms with van der Waals surface area (Å²) in [7, 11) is 0. The summed E-state index contributed by atoms with van der Waals surface area (Å²) < 4.78 is 12.3. The number of fused-ring (bicyclic) bond motifs is 2. The molecule has 4 nitrogen and oxygen atoms in total. The van der Waals surface area contributed by atoms with Crippen molar-refractivity contribution in [1.82, 2.24) is 0 Å². The van der Waals surface area contributed by atoms with Gasteiger partial charge in [-0.05, 0) is 24.3 Å². The van der Waals surface area contributed by atoms with Gasteiger partial charge < -0.3 is 8.83 Å². The Labute approximate surface area is 195 Å². The lowest BCUT2D eigenvalue weighted by Crippen LogP contribution is -2.07. The zero-order chi connectivity index (χ0) is 22.7. The third-order valence-corrected chi connectivity index (χ3v) is 5.68. The van der Waals surface area contributed by atoms with E-state index in [4.69, 9.17) is 19.0 Å². The number of hydrogen-bond acceptors (Lipinski definition) is 4. The average molecular weight is 441 g/mol. The molecule has 0 radical (unpaired) electrons. The summed E-state index contributed by atoms with van der Waals surface area (Å²) in [5.74, 6) is 1.48. The molecule has 0 unspecified atom stereocenters. The van der Waals surface area contributed by atoms with E-state index in [0.717, 1.165) is 55.3 Å². The van der Waals surface area contributed by atoms with Gasteiger partial charge in [-0.25, -0.2) is 0 Å². The molecule has 2 heterocycles. The maximum Gasteiger partial charge on any atom is 0.136 e. The minimum absolute atomic E-state index is 0.742. The summed E-state index contributed by atoms with van der Waals surface area (Å²) in [5, 5.41) is 12.7. The quantitative estimate of drug-likeness (QED) is 0.280. The van der Waals surface area contributed by atoms with Gasteiger partial charge in [-0.3, -0.25) is 0 Å². The van der Waals surface area contributed by atoms with Gasteiger partial charge in [-0.15, -0.1) is 10.2 Å². The Hall–Kier alpha value is -4.70. The van der Waals surface area contributed by atoms with Crippen LogP contribution in [0.3, 0.4) is 0 Å². The molecular formula is C30H20N2O2. The molecule has 162 valence electrons. The molecule has 0 fully saturated rings. The molecule has 0 amide bonds. The van der Waals surface area contributed by atoms with E-state index < -0.39 is 0 Å². The maximum atomic E-state index is 6.17. The molecular weight excluding hydrogens is 420 g/mol. The van der Waals surface area contributed by atoms with Crippen LogP contribution in [0.4, 0.5) is 0 Å². The van der Waals surface area contributed by atoms with Gasteiger partial charge in [0.05, 0.1) is 0 Å². The summed E-state index contributed by atoms with van der Waals surface area (Å²) in [6, 6.07) is 39.7. The van der Waals surface area contributed by atoms with Crippen molar-refractivity contribution in [3.8, 4) is 22.6 Å². The topological polar surface area (TPSA) is 51.0 Å². The highest BCUT2D eigenvalue weighted by atomic mass is 16.3. The zero-order valence-corrected chi connectivity index (χ0v) is 18.3. The molecule has 0 saturated heterocycles.